The molecule has 2 N–H and O–H groups in total. The molecule has 8 heteroatoms. The minimum Gasteiger partial charge on any atom is -0.368 e. The molecule has 0 saturated heterocycles. The largest absolute Gasteiger partial charge is 0.368 e. The van der Waals surface area contributed by atoms with Crippen molar-refractivity contribution in [2.75, 3.05) is 5.73 Å². The summed E-state index contributed by atoms with van der Waals surface area (Å²) in [5.41, 5.74) is 7.99. The number of nitrogens with zero attached hydrogens (tertiary/aromatic N) is 4. The Bertz CT molecular complexity index is 1280. The van der Waals surface area contributed by atoms with Crippen LogP contribution in [0.2, 0.25) is 0 Å². The highest BCUT2D eigenvalue weighted by molar-refractivity contribution is 5.84. The summed E-state index contributed by atoms with van der Waals surface area (Å²) in [5.74, 6) is -1.93. The molecule has 2 aromatic heterocycles. The van der Waals surface area contributed by atoms with Gasteiger partial charge in [0, 0.05) is 41.2 Å². The predicted octanol–water partition coefficient (Wildman–Crippen LogP) is 5.65. The first kappa shape index (κ1) is 21.5. The third kappa shape index (κ3) is 3.95. The number of hydrogen-bond donors (Lipinski definition) is 1. The van der Waals surface area contributed by atoms with Crippen molar-refractivity contribution in [2.24, 2.45) is 0 Å². The average molecular weight is 437 g/mol. The number of halogens is 3. The van der Waals surface area contributed by atoms with Gasteiger partial charge in [-0.3, -0.25) is 4.68 Å². The molecule has 0 aliphatic rings. The van der Waals surface area contributed by atoms with E-state index in [0.717, 1.165) is 30.2 Å². The zero-order chi connectivity index (χ0) is 22.8. The minimum absolute atomic E-state index is 0.0314. The van der Waals surface area contributed by atoms with E-state index < -0.39 is 17.5 Å². The molecule has 0 atom stereocenters. The Morgan fingerprint density at radius 1 is 0.969 bits per heavy atom. The maximum Gasteiger partial charge on any atom is 0.220 e. The van der Waals surface area contributed by atoms with Gasteiger partial charge in [-0.2, -0.15) is 5.10 Å². The van der Waals surface area contributed by atoms with Crippen LogP contribution in [0.3, 0.4) is 0 Å². The number of hydrogen-bond acceptors (Lipinski definition) is 4. The van der Waals surface area contributed by atoms with Gasteiger partial charge in [0.15, 0.2) is 0 Å². The SMILES string of the molecule is CCCc1ccc(-c2cc(F)ccc2F)c(F)c1-c1nn(CC)cc1-c1ccnc(N)n1. The molecule has 0 saturated carbocycles. The lowest BCUT2D eigenvalue weighted by atomic mass is 9.92. The number of nitrogen functional groups attached to an aromatic ring is 1. The van der Waals surface area contributed by atoms with Crippen molar-refractivity contribution in [3.63, 3.8) is 0 Å². The summed E-state index contributed by atoms with van der Waals surface area (Å²) in [5, 5.41) is 4.59. The van der Waals surface area contributed by atoms with Crippen LogP contribution in [-0.2, 0) is 13.0 Å². The first-order valence-electron chi connectivity index (χ1n) is 10.4. The van der Waals surface area contributed by atoms with Gasteiger partial charge < -0.3 is 5.73 Å². The highest BCUT2D eigenvalue weighted by Crippen LogP contribution is 2.39. The van der Waals surface area contributed by atoms with Gasteiger partial charge in [-0.1, -0.05) is 25.5 Å². The molecule has 0 fully saturated rings. The number of rotatable bonds is 6. The van der Waals surface area contributed by atoms with E-state index in [-0.39, 0.29) is 22.6 Å². The van der Waals surface area contributed by atoms with Gasteiger partial charge in [0.05, 0.1) is 5.69 Å². The molecule has 164 valence electrons. The van der Waals surface area contributed by atoms with E-state index in [1.165, 1.54) is 12.3 Å². The molecule has 4 aromatic rings. The molecule has 0 bridgehead atoms. The van der Waals surface area contributed by atoms with Gasteiger partial charge in [0.1, 0.15) is 23.1 Å². The molecule has 4 rings (SSSR count). The first-order valence-corrected chi connectivity index (χ1v) is 10.4. The number of aromatic nitrogens is 4. The second-order valence-electron chi connectivity index (χ2n) is 7.38. The molecule has 0 aliphatic carbocycles. The van der Waals surface area contributed by atoms with Gasteiger partial charge in [-0.05, 0) is 43.2 Å². The summed E-state index contributed by atoms with van der Waals surface area (Å²) in [6, 6.07) is 7.89. The van der Waals surface area contributed by atoms with Crippen LogP contribution in [-0.4, -0.2) is 19.7 Å². The fraction of sp³-hybridized carbons (Fsp3) is 0.208. The van der Waals surface area contributed by atoms with Crippen molar-refractivity contribution in [1.29, 1.82) is 0 Å². The Morgan fingerprint density at radius 3 is 2.50 bits per heavy atom. The van der Waals surface area contributed by atoms with E-state index >= 15 is 4.39 Å². The summed E-state index contributed by atoms with van der Waals surface area (Å²) in [7, 11) is 0. The summed E-state index contributed by atoms with van der Waals surface area (Å²) in [6.45, 7) is 4.45. The van der Waals surface area contributed by atoms with Gasteiger partial charge in [-0.25, -0.2) is 23.1 Å². The highest BCUT2D eigenvalue weighted by Gasteiger charge is 2.24. The molecule has 32 heavy (non-hydrogen) atoms. The van der Waals surface area contributed by atoms with Crippen molar-refractivity contribution < 1.29 is 13.2 Å². The maximum atomic E-state index is 16.0. The van der Waals surface area contributed by atoms with Crippen LogP contribution < -0.4 is 5.73 Å². The van der Waals surface area contributed by atoms with Crippen LogP contribution in [0, 0.1) is 17.5 Å². The van der Waals surface area contributed by atoms with Gasteiger partial charge in [0.2, 0.25) is 5.95 Å². The van der Waals surface area contributed by atoms with Gasteiger partial charge in [-0.15, -0.1) is 0 Å². The van der Waals surface area contributed by atoms with Crippen molar-refractivity contribution in [3.05, 3.63) is 71.8 Å². The topological polar surface area (TPSA) is 69.6 Å². The van der Waals surface area contributed by atoms with E-state index in [1.807, 2.05) is 13.8 Å². The van der Waals surface area contributed by atoms with E-state index in [4.69, 9.17) is 5.73 Å². The molecule has 0 spiro atoms. The lowest BCUT2D eigenvalue weighted by Crippen LogP contribution is -2.01. The minimum atomic E-state index is -0.706. The van der Waals surface area contributed by atoms with Crippen molar-refractivity contribution in [1.82, 2.24) is 19.7 Å². The van der Waals surface area contributed by atoms with Crippen LogP contribution in [0.15, 0.2) is 48.8 Å². The van der Waals surface area contributed by atoms with E-state index in [2.05, 4.69) is 15.1 Å². The molecule has 0 unspecified atom stereocenters. The molecule has 0 amide bonds. The van der Waals surface area contributed by atoms with Gasteiger partial charge >= 0.3 is 0 Å². The van der Waals surface area contributed by atoms with E-state index in [0.29, 0.717) is 29.9 Å². The third-order valence-corrected chi connectivity index (χ3v) is 5.24. The summed E-state index contributed by atoms with van der Waals surface area (Å²) < 4.78 is 46.0. The summed E-state index contributed by atoms with van der Waals surface area (Å²) in [6.07, 6.45) is 4.64. The Balaban J connectivity index is 2.01. The van der Waals surface area contributed by atoms with E-state index in [9.17, 15) is 8.78 Å². The molecule has 2 heterocycles. The summed E-state index contributed by atoms with van der Waals surface area (Å²) >= 11 is 0. The number of benzene rings is 2. The third-order valence-electron chi connectivity index (χ3n) is 5.24. The lowest BCUT2D eigenvalue weighted by Gasteiger charge is -2.14. The van der Waals surface area contributed by atoms with Gasteiger partial charge in [0.25, 0.3) is 0 Å². The quantitative estimate of drug-likeness (QED) is 0.423. The fourth-order valence-corrected chi connectivity index (χ4v) is 3.74. The lowest BCUT2D eigenvalue weighted by molar-refractivity contribution is 0.597. The highest BCUT2D eigenvalue weighted by atomic mass is 19.1. The van der Waals surface area contributed by atoms with Crippen molar-refractivity contribution in [2.45, 2.75) is 33.2 Å². The molecular formula is C24H22F3N5. The monoisotopic (exact) mass is 437 g/mol. The Kier molecular flexibility index (Phi) is 5.94. The van der Waals surface area contributed by atoms with Crippen molar-refractivity contribution >= 4 is 5.95 Å². The zero-order valence-corrected chi connectivity index (χ0v) is 17.7. The van der Waals surface area contributed by atoms with Crippen LogP contribution in [0.5, 0.6) is 0 Å². The standard InChI is InChI=1S/C24H22F3N5/c1-3-5-14-6-8-16(17-12-15(25)7-9-19(17)26)22(27)21(14)23-18(13-32(4-2)31-23)20-10-11-29-24(28)30-20/h6-13H,3-5H2,1-2H3,(H2,28,29,30). The molecule has 5 nitrogen and oxygen atoms in total. The first-order chi connectivity index (χ1) is 15.4. The zero-order valence-electron chi connectivity index (χ0n) is 17.7. The predicted molar refractivity (Wildman–Crippen MR) is 118 cm³/mol. The Morgan fingerprint density at radius 2 is 1.78 bits per heavy atom. The second-order valence-corrected chi connectivity index (χ2v) is 7.38. The van der Waals surface area contributed by atoms with E-state index in [1.54, 1.807) is 23.0 Å². The normalized spacial score (nSPS) is 11.2. The van der Waals surface area contributed by atoms with Crippen LogP contribution >= 0.6 is 0 Å². The smallest absolute Gasteiger partial charge is 0.220 e. The number of anilines is 1. The van der Waals surface area contributed by atoms with Crippen LogP contribution in [0.1, 0.15) is 25.8 Å². The summed E-state index contributed by atoms with van der Waals surface area (Å²) in [4.78, 5) is 8.19. The molecular weight excluding hydrogens is 415 g/mol. The number of nitrogens with two attached hydrogens (primary N) is 1. The average Bonchev–Trinajstić information content (AvgIpc) is 3.20. The van der Waals surface area contributed by atoms with Crippen LogP contribution in [0.4, 0.5) is 19.1 Å². The Hall–Kier alpha value is -3.68. The second kappa shape index (κ2) is 8.82. The fourth-order valence-electron chi connectivity index (χ4n) is 3.74. The number of aryl methyl sites for hydroxylation is 2. The molecule has 0 radical (unpaired) electrons. The molecule has 2 aromatic carbocycles. The van der Waals surface area contributed by atoms with Crippen molar-refractivity contribution in [3.8, 4) is 33.6 Å². The molecule has 0 aliphatic heterocycles. The maximum absolute atomic E-state index is 16.0. The Labute approximate surface area is 183 Å². The van der Waals surface area contributed by atoms with Crippen LogP contribution in [0.25, 0.3) is 33.6 Å².